The fourth-order valence-corrected chi connectivity index (χ4v) is 6.89. The highest BCUT2D eigenvalue weighted by molar-refractivity contribution is 7.91. The van der Waals surface area contributed by atoms with Gasteiger partial charge in [-0.15, -0.1) is 11.3 Å². The summed E-state index contributed by atoms with van der Waals surface area (Å²) < 4.78 is 25.8. The third-order valence-electron chi connectivity index (χ3n) is 6.14. The van der Waals surface area contributed by atoms with Gasteiger partial charge in [-0.3, -0.25) is 9.48 Å². The van der Waals surface area contributed by atoms with Crippen molar-refractivity contribution in [3.63, 3.8) is 0 Å². The molecule has 2 aromatic heterocycles. The van der Waals surface area contributed by atoms with E-state index < -0.39 is 9.84 Å². The number of carbonyl (C=O) groups is 1. The topological polar surface area (TPSA) is 84.3 Å². The lowest BCUT2D eigenvalue weighted by atomic mass is 10.1. The molecule has 3 aromatic rings. The Kier molecular flexibility index (Phi) is 5.77. The lowest BCUT2D eigenvalue weighted by Gasteiger charge is -2.28. The summed E-state index contributed by atoms with van der Waals surface area (Å²) in [6.45, 7) is 2.15. The first-order chi connectivity index (χ1) is 15.5. The molecule has 7 nitrogen and oxygen atoms in total. The number of hydrogen-bond donors (Lipinski definition) is 1. The lowest BCUT2D eigenvalue weighted by molar-refractivity contribution is 0.102. The first kappa shape index (κ1) is 21.2. The quantitative estimate of drug-likeness (QED) is 0.604. The average Bonchev–Trinajstić information content (AvgIpc) is 3.54. The summed E-state index contributed by atoms with van der Waals surface area (Å²) >= 11 is 1.55. The third-order valence-corrected chi connectivity index (χ3v) is 8.79. The monoisotopic (exact) mass is 470 g/mol. The molecule has 5 rings (SSSR count). The maximum Gasteiger partial charge on any atom is 0.276 e. The number of piperidine rings is 1. The van der Waals surface area contributed by atoms with Crippen molar-refractivity contribution in [3.05, 3.63) is 53.5 Å². The second kappa shape index (κ2) is 8.71. The van der Waals surface area contributed by atoms with E-state index in [1.807, 2.05) is 41.8 Å². The molecule has 0 aliphatic carbocycles. The van der Waals surface area contributed by atoms with Gasteiger partial charge in [0.2, 0.25) is 0 Å². The van der Waals surface area contributed by atoms with Crippen LogP contribution in [-0.4, -0.2) is 48.7 Å². The molecule has 0 unspecified atom stereocenters. The van der Waals surface area contributed by atoms with Gasteiger partial charge >= 0.3 is 0 Å². The highest BCUT2D eigenvalue weighted by Gasteiger charge is 2.32. The van der Waals surface area contributed by atoms with Crippen molar-refractivity contribution in [1.82, 2.24) is 9.78 Å². The molecule has 0 bridgehead atoms. The van der Waals surface area contributed by atoms with E-state index in [1.165, 1.54) is 24.9 Å². The molecule has 32 heavy (non-hydrogen) atoms. The normalized spacial score (nSPS) is 20.4. The number of carbonyl (C=O) groups excluding carboxylic acids is 1. The number of anilines is 2. The molecule has 4 heterocycles. The van der Waals surface area contributed by atoms with Crippen LogP contribution in [0.1, 0.15) is 42.2 Å². The summed E-state index contributed by atoms with van der Waals surface area (Å²) in [5, 5.41) is 9.43. The summed E-state index contributed by atoms with van der Waals surface area (Å²) in [4.78, 5) is 16.3. The van der Waals surface area contributed by atoms with Gasteiger partial charge in [-0.2, -0.15) is 5.10 Å². The molecular weight excluding hydrogens is 444 g/mol. The zero-order chi connectivity index (χ0) is 22.1. The van der Waals surface area contributed by atoms with Crippen LogP contribution in [0.3, 0.4) is 0 Å². The third kappa shape index (κ3) is 4.45. The van der Waals surface area contributed by atoms with E-state index in [4.69, 9.17) is 0 Å². The fraction of sp³-hybridized carbons (Fsp3) is 0.391. The Bertz CT molecular complexity index is 1190. The van der Waals surface area contributed by atoms with Crippen LogP contribution >= 0.6 is 11.3 Å². The van der Waals surface area contributed by atoms with Crippen molar-refractivity contribution < 1.29 is 13.2 Å². The summed E-state index contributed by atoms with van der Waals surface area (Å²) in [7, 11) is -3.06. The van der Waals surface area contributed by atoms with Crippen LogP contribution < -0.4 is 10.2 Å². The SMILES string of the molecule is O=C(Nc1ccc(N2CCCCC2)cc1)c1cc(-c2cccs2)n([C@H]2CCS(=O)(=O)C2)n1. The molecule has 0 saturated carbocycles. The number of amides is 1. The van der Waals surface area contributed by atoms with Crippen LogP contribution in [0.5, 0.6) is 0 Å². The molecule has 2 fully saturated rings. The number of aromatic nitrogens is 2. The van der Waals surface area contributed by atoms with Crippen LogP contribution in [0.4, 0.5) is 11.4 Å². The van der Waals surface area contributed by atoms with Crippen molar-refractivity contribution >= 4 is 38.5 Å². The maximum atomic E-state index is 13.0. The highest BCUT2D eigenvalue weighted by Crippen LogP contribution is 2.32. The largest absolute Gasteiger partial charge is 0.372 e. The van der Waals surface area contributed by atoms with Gasteiger partial charge in [0.05, 0.1) is 28.1 Å². The number of benzene rings is 1. The summed E-state index contributed by atoms with van der Waals surface area (Å²) in [6, 6.07) is 13.3. The minimum absolute atomic E-state index is 0.0616. The second-order valence-electron chi connectivity index (χ2n) is 8.44. The molecule has 9 heteroatoms. The average molecular weight is 471 g/mol. The Morgan fingerprint density at radius 3 is 2.53 bits per heavy atom. The number of nitrogens with one attached hydrogen (secondary N) is 1. The van der Waals surface area contributed by atoms with Crippen molar-refractivity contribution in [2.45, 2.75) is 31.7 Å². The van der Waals surface area contributed by atoms with Crippen LogP contribution in [0.2, 0.25) is 0 Å². The predicted molar refractivity (Wildman–Crippen MR) is 128 cm³/mol. The van der Waals surface area contributed by atoms with Crippen LogP contribution in [-0.2, 0) is 9.84 Å². The standard InChI is InChI=1S/C23H26N4O3S2/c28-23(24-17-6-8-18(9-7-17)26-11-2-1-3-12-26)20-15-21(22-5-4-13-31-22)27(25-20)19-10-14-32(29,30)16-19/h4-9,13,15,19H,1-3,10-12,14,16H2,(H,24,28)/t19-/m0/s1. The minimum atomic E-state index is -3.06. The highest BCUT2D eigenvalue weighted by atomic mass is 32.2. The van der Waals surface area contributed by atoms with Gasteiger partial charge in [0.25, 0.3) is 5.91 Å². The molecule has 2 aliphatic heterocycles. The van der Waals surface area contributed by atoms with E-state index in [9.17, 15) is 13.2 Å². The molecule has 0 spiro atoms. The van der Waals surface area contributed by atoms with Gasteiger partial charge in [-0.25, -0.2) is 8.42 Å². The van der Waals surface area contributed by atoms with E-state index in [-0.39, 0.29) is 29.1 Å². The first-order valence-electron chi connectivity index (χ1n) is 11.0. The second-order valence-corrected chi connectivity index (χ2v) is 11.6. The van der Waals surface area contributed by atoms with Crippen molar-refractivity contribution in [1.29, 1.82) is 0 Å². The molecule has 2 aliphatic rings. The van der Waals surface area contributed by atoms with Gasteiger partial charge < -0.3 is 10.2 Å². The Hall–Kier alpha value is -2.65. The number of thiophene rings is 1. The summed E-state index contributed by atoms with van der Waals surface area (Å²) in [5.41, 5.74) is 2.96. The molecule has 1 aromatic carbocycles. The Morgan fingerprint density at radius 2 is 1.88 bits per heavy atom. The van der Waals surface area contributed by atoms with E-state index in [2.05, 4.69) is 15.3 Å². The Balaban J connectivity index is 1.36. The van der Waals surface area contributed by atoms with Crippen LogP contribution in [0.15, 0.2) is 47.8 Å². The zero-order valence-electron chi connectivity index (χ0n) is 17.7. The molecule has 168 valence electrons. The van der Waals surface area contributed by atoms with Gasteiger partial charge in [0, 0.05) is 24.5 Å². The van der Waals surface area contributed by atoms with Crippen molar-refractivity contribution in [2.75, 3.05) is 34.8 Å². The molecule has 2 saturated heterocycles. The fourth-order valence-electron chi connectivity index (χ4n) is 4.46. The first-order valence-corrected chi connectivity index (χ1v) is 13.7. The Morgan fingerprint density at radius 1 is 1.09 bits per heavy atom. The van der Waals surface area contributed by atoms with Gasteiger partial charge in [-0.05, 0) is 67.5 Å². The smallest absolute Gasteiger partial charge is 0.276 e. The minimum Gasteiger partial charge on any atom is -0.372 e. The molecule has 1 N–H and O–H groups in total. The van der Waals surface area contributed by atoms with Crippen LogP contribution in [0.25, 0.3) is 10.6 Å². The molecular formula is C23H26N4O3S2. The number of nitrogens with zero attached hydrogens (tertiary/aromatic N) is 3. The van der Waals surface area contributed by atoms with Crippen molar-refractivity contribution in [3.8, 4) is 10.6 Å². The van der Waals surface area contributed by atoms with E-state index in [1.54, 1.807) is 22.1 Å². The lowest BCUT2D eigenvalue weighted by Crippen LogP contribution is -2.29. The Labute approximate surface area is 192 Å². The molecule has 0 radical (unpaired) electrons. The van der Waals surface area contributed by atoms with Gasteiger partial charge in [0.1, 0.15) is 0 Å². The number of hydrogen-bond acceptors (Lipinski definition) is 6. The van der Waals surface area contributed by atoms with Crippen LogP contribution in [0, 0.1) is 0 Å². The van der Waals surface area contributed by atoms with Gasteiger partial charge in [0.15, 0.2) is 15.5 Å². The predicted octanol–water partition coefficient (Wildman–Crippen LogP) is 4.21. The molecule has 1 atom stereocenters. The molecule has 1 amide bonds. The summed E-state index contributed by atoms with van der Waals surface area (Å²) in [5.74, 6) is -0.0774. The van der Waals surface area contributed by atoms with E-state index in [0.29, 0.717) is 12.1 Å². The summed E-state index contributed by atoms with van der Waals surface area (Å²) in [6.07, 6.45) is 4.24. The van der Waals surface area contributed by atoms with Gasteiger partial charge in [-0.1, -0.05) is 6.07 Å². The van der Waals surface area contributed by atoms with E-state index in [0.717, 1.165) is 23.7 Å². The number of rotatable bonds is 5. The van der Waals surface area contributed by atoms with Crippen molar-refractivity contribution in [2.24, 2.45) is 0 Å². The maximum absolute atomic E-state index is 13.0. The zero-order valence-corrected chi connectivity index (χ0v) is 19.4. The van der Waals surface area contributed by atoms with E-state index >= 15 is 0 Å². The number of sulfone groups is 1.